The third kappa shape index (κ3) is 2.95. The van der Waals surface area contributed by atoms with Crippen LogP contribution in [0.1, 0.15) is 24.4 Å². The van der Waals surface area contributed by atoms with Gasteiger partial charge in [-0.1, -0.05) is 12.1 Å². The molecular formula is C19H18N8. The van der Waals surface area contributed by atoms with Gasteiger partial charge in [0.25, 0.3) is 0 Å². The minimum absolute atomic E-state index is 0.231. The zero-order chi connectivity index (χ0) is 18.4. The molecule has 3 aromatic heterocycles. The Morgan fingerprint density at radius 2 is 2.00 bits per heavy atom. The van der Waals surface area contributed by atoms with E-state index in [1.54, 1.807) is 12.4 Å². The van der Waals surface area contributed by atoms with Gasteiger partial charge >= 0.3 is 0 Å². The Hall–Kier alpha value is -3.55. The van der Waals surface area contributed by atoms with E-state index in [0.717, 1.165) is 35.5 Å². The first-order chi connectivity index (χ1) is 13.2. The van der Waals surface area contributed by atoms with E-state index in [-0.39, 0.29) is 5.95 Å². The number of anilines is 3. The number of nitrogens with one attached hydrogen (secondary N) is 1. The topological polar surface area (TPSA) is 107 Å². The van der Waals surface area contributed by atoms with Crippen LogP contribution in [0.15, 0.2) is 42.7 Å². The van der Waals surface area contributed by atoms with Gasteiger partial charge in [-0.3, -0.25) is 0 Å². The number of hydrogen-bond donors (Lipinski definition) is 2. The van der Waals surface area contributed by atoms with Gasteiger partial charge in [-0.25, -0.2) is 19.9 Å². The van der Waals surface area contributed by atoms with E-state index in [1.165, 1.54) is 5.56 Å². The quantitative estimate of drug-likeness (QED) is 0.576. The predicted octanol–water partition coefficient (Wildman–Crippen LogP) is 3.25. The van der Waals surface area contributed by atoms with Crippen LogP contribution in [-0.4, -0.2) is 29.5 Å². The summed E-state index contributed by atoms with van der Waals surface area (Å²) in [5.74, 6) is 1.53. The number of hydrogen-bond acceptors (Lipinski definition) is 7. The average molecular weight is 358 g/mol. The molecule has 134 valence electrons. The second kappa shape index (κ2) is 6.01. The standard InChI is InChI=1S/C19H18N8/c1-11-3-2-4-12(9-11)23-19-22-10-15-17(26-19)27(13-5-6-13)16(24-15)14-7-8-21-18(20)25-14/h2-4,7-10,13H,5-6H2,1H3,(H2,20,21,25)(H,22,23,26). The maximum absolute atomic E-state index is 5.76. The van der Waals surface area contributed by atoms with Crippen LogP contribution in [0.2, 0.25) is 0 Å². The Labute approximate surface area is 155 Å². The second-order valence-electron chi connectivity index (χ2n) is 6.73. The molecule has 1 aliphatic carbocycles. The molecule has 8 nitrogen and oxygen atoms in total. The molecule has 0 bridgehead atoms. The molecule has 0 amide bonds. The summed E-state index contributed by atoms with van der Waals surface area (Å²) in [7, 11) is 0. The van der Waals surface area contributed by atoms with Gasteiger partial charge in [0.15, 0.2) is 11.5 Å². The number of rotatable bonds is 4. The van der Waals surface area contributed by atoms with Crippen molar-refractivity contribution in [1.29, 1.82) is 0 Å². The lowest BCUT2D eigenvalue weighted by Gasteiger charge is -2.08. The third-order valence-corrected chi connectivity index (χ3v) is 4.52. The molecule has 0 saturated heterocycles. The van der Waals surface area contributed by atoms with Crippen LogP contribution in [0, 0.1) is 6.92 Å². The van der Waals surface area contributed by atoms with Crippen LogP contribution >= 0.6 is 0 Å². The lowest BCUT2D eigenvalue weighted by atomic mass is 10.2. The number of nitrogens with two attached hydrogens (primary N) is 1. The summed E-state index contributed by atoms with van der Waals surface area (Å²) in [6.45, 7) is 2.05. The highest BCUT2D eigenvalue weighted by Crippen LogP contribution is 2.40. The molecule has 5 rings (SSSR count). The van der Waals surface area contributed by atoms with Crippen molar-refractivity contribution in [2.75, 3.05) is 11.1 Å². The van der Waals surface area contributed by atoms with Crippen molar-refractivity contribution in [1.82, 2.24) is 29.5 Å². The van der Waals surface area contributed by atoms with Gasteiger partial charge in [-0.15, -0.1) is 0 Å². The van der Waals surface area contributed by atoms with Crippen LogP contribution in [0.25, 0.3) is 22.7 Å². The van der Waals surface area contributed by atoms with Crippen LogP contribution in [0.3, 0.4) is 0 Å². The summed E-state index contributed by atoms with van der Waals surface area (Å²) in [4.78, 5) is 22.2. The zero-order valence-corrected chi connectivity index (χ0v) is 14.8. The number of aromatic nitrogens is 6. The first-order valence-corrected chi connectivity index (χ1v) is 8.85. The first-order valence-electron chi connectivity index (χ1n) is 8.85. The van der Waals surface area contributed by atoms with Crippen LogP contribution in [0.4, 0.5) is 17.6 Å². The number of aryl methyl sites for hydroxylation is 1. The Morgan fingerprint density at radius 3 is 2.78 bits per heavy atom. The van der Waals surface area contributed by atoms with Crippen molar-refractivity contribution in [2.24, 2.45) is 0 Å². The van der Waals surface area contributed by atoms with E-state index in [4.69, 9.17) is 15.7 Å². The average Bonchev–Trinajstić information content (AvgIpc) is 3.42. The monoisotopic (exact) mass is 358 g/mol. The Morgan fingerprint density at radius 1 is 1.11 bits per heavy atom. The van der Waals surface area contributed by atoms with Crippen molar-refractivity contribution in [3.63, 3.8) is 0 Å². The number of nitrogen functional groups attached to an aromatic ring is 1. The summed E-state index contributed by atoms with van der Waals surface area (Å²) < 4.78 is 2.14. The van der Waals surface area contributed by atoms with Crippen molar-refractivity contribution in [2.45, 2.75) is 25.8 Å². The van der Waals surface area contributed by atoms with Crippen molar-refractivity contribution in [3.8, 4) is 11.5 Å². The molecule has 1 fully saturated rings. The minimum Gasteiger partial charge on any atom is -0.368 e. The summed E-state index contributed by atoms with van der Waals surface area (Å²) >= 11 is 0. The van der Waals surface area contributed by atoms with E-state index in [0.29, 0.717) is 17.7 Å². The van der Waals surface area contributed by atoms with Crippen molar-refractivity contribution in [3.05, 3.63) is 48.3 Å². The van der Waals surface area contributed by atoms with Gasteiger partial charge in [0.05, 0.1) is 6.20 Å². The van der Waals surface area contributed by atoms with Crippen molar-refractivity contribution >= 4 is 28.7 Å². The molecular weight excluding hydrogens is 340 g/mol. The van der Waals surface area contributed by atoms with Gasteiger partial charge < -0.3 is 15.6 Å². The molecule has 27 heavy (non-hydrogen) atoms. The highest BCUT2D eigenvalue weighted by molar-refractivity contribution is 5.77. The lowest BCUT2D eigenvalue weighted by molar-refractivity contribution is 0.763. The predicted molar refractivity (Wildman–Crippen MR) is 103 cm³/mol. The smallest absolute Gasteiger partial charge is 0.229 e. The zero-order valence-electron chi connectivity index (χ0n) is 14.8. The fraction of sp³-hybridized carbons (Fsp3) is 0.211. The normalized spacial score (nSPS) is 13.8. The van der Waals surface area contributed by atoms with Crippen LogP contribution in [0.5, 0.6) is 0 Å². The third-order valence-electron chi connectivity index (χ3n) is 4.52. The molecule has 0 unspecified atom stereocenters. The molecule has 0 spiro atoms. The highest BCUT2D eigenvalue weighted by Gasteiger charge is 2.30. The Bertz CT molecular complexity index is 1150. The molecule has 3 heterocycles. The molecule has 0 atom stereocenters. The molecule has 0 aliphatic heterocycles. The maximum Gasteiger partial charge on any atom is 0.229 e. The van der Waals surface area contributed by atoms with Gasteiger partial charge in [0.1, 0.15) is 11.2 Å². The summed E-state index contributed by atoms with van der Waals surface area (Å²) in [5.41, 5.74) is 10.1. The van der Waals surface area contributed by atoms with Crippen LogP contribution < -0.4 is 11.1 Å². The number of nitrogens with zero attached hydrogens (tertiary/aromatic N) is 6. The van der Waals surface area contributed by atoms with Crippen LogP contribution in [-0.2, 0) is 0 Å². The first kappa shape index (κ1) is 15.7. The maximum atomic E-state index is 5.76. The lowest BCUT2D eigenvalue weighted by Crippen LogP contribution is -2.03. The van der Waals surface area contributed by atoms with Gasteiger partial charge in [0, 0.05) is 17.9 Å². The Balaban J connectivity index is 1.61. The fourth-order valence-electron chi connectivity index (χ4n) is 3.16. The number of fused-ring (bicyclic) bond motifs is 1. The van der Waals surface area contributed by atoms with E-state index in [2.05, 4.69) is 43.9 Å². The number of benzene rings is 1. The molecule has 1 aliphatic rings. The SMILES string of the molecule is Cc1cccc(Nc2ncc3nc(-c4ccnc(N)n4)n(C4CC4)c3n2)c1. The highest BCUT2D eigenvalue weighted by atomic mass is 15.2. The Kier molecular flexibility index (Phi) is 3.49. The molecule has 4 aromatic rings. The largest absolute Gasteiger partial charge is 0.368 e. The second-order valence-corrected chi connectivity index (χ2v) is 6.73. The molecule has 8 heteroatoms. The van der Waals surface area contributed by atoms with E-state index in [9.17, 15) is 0 Å². The summed E-state index contributed by atoms with van der Waals surface area (Å²) in [6, 6.07) is 10.3. The van der Waals surface area contributed by atoms with Gasteiger partial charge in [-0.2, -0.15) is 4.98 Å². The number of imidazole rings is 1. The van der Waals surface area contributed by atoms with Gasteiger partial charge in [-0.05, 0) is 43.5 Å². The van der Waals surface area contributed by atoms with E-state index < -0.39 is 0 Å². The summed E-state index contributed by atoms with van der Waals surface area (Å²) in [6.07, 6.45) is 5.59. The fourth-order valence-corrected chi connectivity index (χ4v) is 3.16. The molecule has 3 N–H and O–H groups in total. The molecule has 1 saturated carbocycles. The van der Waals surface area contributed by atoms with Crippen molar-refractivity contribution < 1.29 is 0 Å². The van der Waals surface area contributed by atoms with Gasteiger partial charge in [0.2, 0.25) is 11.9 Å². The minimum atomic E-state index is 0.231. The van der Waals surface area contributed by atoms with E-state index >= 15 is 0 Å². The summed E-state index contributed by atoms with van der Waals surface area (Å²) in [5, 5.41) is 3.27. The van der Waals surface area contributed by atoms with E-state index in [1.807, 2.05) is 18.2 Å². The molecule has 0 radical (unpaired) electrons. The molecule has 1 aromatic carbocycles.